The summed E-state index contributed by atoms with van der Waals surface area (Å²) in [5.41, 5.74) is 0. The molecule has 1 amide bonds. The Morgan fingerprint density at radius 2 is 1.94 bits per heavy atom. The normalized spacial score (nSPS) is 9.12. The van der Waals surface area contributed by atoms with Gasteiger partial charge in [0.1, 0.15) is 0 Å². The largest absolute Gasteiger partial charge is 0.459 e. The molecule has 16 heavy (non-hydrogen) atoms. The van der Waals surface area contributed by atoms with E-state index in [2.05, 4.69) is 0 Å². The Morgan fingerprint density at radius 3 is 2.38 bits per heavy atom. The summed E-state index contributed by atoms with van der Waals surface area (Å²) in [5.74, 6) is -0.0496. The molecule has 1 heterocycles. The molecule has 1 aromatic rings. The van der Waals surface area contributed by atoms with Gasteiger partial charge in [0.15, 0.2) is 5.76 Å². The number of nitrogens with zero attached hydrogens (tertiary/aromatic N) is 3. The number of amides is 1. The molecule has 5 nitrogen and oxygen atoms in total. The van der Waals surface area contributed by atoms with Gasteiger partial charge in [0, 0.05) is 13.1 Å². The second-order valence-electron chi connectivity index (χ2n) is 3.09. The van der Waals surface area contributed by atoms with E-state index < -0.39 is 0 Å². The van der Waals surface area contributed by atoms with E-state index in [0.29, 0.717) is 13.1 Å². The van der Waals surface area contributed by atoms with Crippen molar-refractivity contribution in [2.75, 3.05) is 13.1 Å². The third kappa shape index (κ3) is 3.14. The molecule has 0 saturated heterocycles. The van der Waals surface area contributed by atoms with Crippen LogP contribution in [-0.2, 0) is 0 Å². The van der Waals surface area contributed by atoms with Crippen molar-refractivity contribution in [1.82, 2.24) is 4.90 Å². The maximum Gasteiger partial charge on any atom is 0.289 e. The van der Waals surface area contributed by atoms with Gasteiger partial charge in [0.2, 0.25) is 0 Å². The first-order valence-corrected chi connectivity index (χ1v) is 4.86. The molecule has 1 rings (SSSR count). The molecule has 0 bridgehead atoms. The Hall–Kier alpha value is -2.27. The summed E-state index contributed by atoms with van der Waals surface area (Å²) in [7, 11) is 0. The highest BCUT2D eigenvalue weighted by atomic mass is 16.3. The smallest absolute Gasteiger partial charge is 0.289 e. The van der Waals surface area contributed by atoms with Crippen LogP contribution in [0.4, 0.5) is 0 Å². The van der Waals surface area contributed by atoms with Gasteiger partial charge in [-0.25, -0.2) is 0 Å². The van der Waals surface area contributed by atoms with E-state index in [0.717, 1.165) is 0 Å². The highest BCUT2D eigenvalue weighted by molar-refractivity contribution is 5.91. The molecular formula is C11H11N3O2. The zero-order valence-electron chi connectivity index (χ0n) is 8.72. The van der Waals surface area contributed by atoms with Gasteiger partial charge in [-0.2, -0.15) is 10.5 Å². The molecule has 82 valence electrons. The van der Waals surface area contributed by atoms with Crippen LogP contribution in [-0.4, -0.2) is 23.9 Å². The number of furan rings is 1. The fourth-order valence-electron chi connectivity index (χ4n) is 1.24. The van der Waals surface area contributed by atoms with Gasteiger partial charge in [-0.05, 0) is 12.1 Å². The van der Waals surface area contributed by atoms with Gasteiger partial charge in [0.05, 0.1) is 31.2 Å². The van der Waals surface area contributed by atoms with E-state index >= 15 is 0 Å². The van der Waals surface area contributed by atoms with Gasteiger partial charge in [-0.1, -0.05) is 0 Å². The zero-order chi connectivity index (χ0) is 11.8. The SMILES string of the molecule is N#CCCN(CCC#N)C(=O)c1ccco1. The van der Waals surface area contributed by atoms with Crippen LogP contribution in [0.3, 0.4) is 0 Å². The van der Waals surface area contributed by atoms with Crippen LogP contribution in [0.25, 0.3) is 0 Å². The Labute approximate surface area is 93.5 Å². The van der Waals surface area contributed by atoms with E-state index in [1.54, 1.807) is 12.1 Å². The minimum Gasteiger partial charge on any atom is -0.459 e. The van der Waals surface area contributed by atoms with Crippen LogP contribution in [0.2, 0.25) is 0 Å². The summed E-state index contributed by atoms with van der Waals surface area (Å²) in [6, 6.07) is 7.12. The quantitative estimate of drug-likeness (QED) is 0.749. The van der Waals surface area contributed by atoms with Gasteiger partial charge in [0.25, 0.3) is 5.91 Å². The molecule has 0 saturated carbocycles. The van der Waals surface area contributed by atoms with Crippen molar-refractivity contribution < 1.29 is 9.21 Å². The minimum absolute atomic E-state index is 0.232. The zero-order valence-corrected chi connectivity index (χ0v) is 8.72. The Morgan fingerprint density at radius 1 is 1.31 bits per heavy atom. The summed E-state index contributed by atoms with van der Waals surface area (Å²) >= 11 is 0. The predicted octanol–water partition coefficient (Wildman–Crippen LogP) is 1.55. The molecule has 0 fully saturated rings. The number of carbonyl (C=O) groups is 1. The van der Waals surface area contributed by atoms with Crippen molar-refractivity contribution >= 4 is 5.91 Å². The summed E-state index contributed by atoms with van der Waals surface area (Å²) in [5, 5.41) is 17.0. The highest BCUT2D eigenvalue weighted by Gasteiger charge is 2.17. The monoisotopic (exact) mass is 217 g/mol. The molecule has 0 aliphatic heterocycles. The third-order valence-electron chi connectivity index (χ3n) is 2.01. The average Bonchev–Trinajstić information content (AvgIpc) is 2.82. The Bertz CT molecular complexity index is 393. The number of nitriles is 2. The molecule has 0 aromatic carbocycles. The molecule has 0 unspecified atom stereocenters. The van der Waals surface area contributed by atoms with Crippen LogP contribution in [0.1, 0.15) is 23.4 Å². The van der Waals surface area contributed by atoms with Crippen LogP contribution in [0, 0.1) is 22.7 Å². The molecule has 0 N–H and O–H groups in total. The molecule has 1 aromatic heterocycles. The molecule has 0 aliphatic rings. The molecule has 0 aliphatic carbocycles. The lowest BCUT2D eigenvalue weighted by Gasteiger charge is -2.18. The topological polar surface area (TPSA) is 81.0 Å². The van der Waals surface area contributed by atoms with E-state index in [-0.39, 0.29) is 24.5 Å². The van der Waals surface area contributed by atoms with Crippen LogP contribution in [0.5, 0.6) is 0 Å². The van der Waals surface area contributed by atoms with Gasteiger partial charge < -0.3 is 9.32 Å². The van der Waals surface area contributed by atoms with Crippen molar-refractivity contribution in [1.29, 1.82) is 10.5 Å². The highest BCUT2D eigenvalue weighted by Crippen LogP contribution is 2.06. The van der Waals surface area contributed by atoms with Crippen molar-refractivity contribution in [3.63, 3.8) is 0 Å². The van der Waals surface area contributed by atoms with Gasteiger partial charge >= 0.3 is 0 Å². The number of hydrogen-bond acceptors (Lipinski definition) is 4. The van der Waals surface area contributed by atoms with E-state index in [4.69, 9.17) is 14.9 Å². The molecule has 0 radical (unpaired) electrons. The number of hydrogen-bond donors (Lipinski definition) is 0. The van der Waals surface area contributed by atoms with E-state index in [9.17, 15) is 4.79 Å². The number of carbonyl (C=O) groups excluding carboxylic acids is 1. The molecule has 0 spiro atoms. The lowest BCUT2D eigenvalue weighted by atomic mass is 10.3. The van der Waals surface area contributed by atoms with Crippen LogP contribution < -0.4 is 0 Å². The van der Waals surface area contributed by atoms with Crippen molar-refractivity contribution in [2.24, 2.45) is 0 Å². The summed E-state index contributed by atoms with van der Waals surface area (Å²) in [4.78, 5) is 13.3. The standard InChI is InChI=1S/C11H11N3O2/c12-5-2-7-14(8-3-6-13)11(15)10-4-1-9-16-10/h1,4,9H,2-3,7-8H2. The third-order valence-corrected chi connectivity index (χ3v) is 2.01. The van der Waals surface area contributed by atoms with Crippen molar-refractivity contribution in [3.8, 4) is 12.1 Å². The van der Waals surface area contributed by atoms with Crippen molar-refractivity contribution in [3.05, 3.63) is 24.2 Å². The Balaban J connectivity index is 2.65. The first-order chi connectivity index (χ1) is 7.79. The average molecular weight is 217 g/mol. The minimum atomic E-state index is -0.282. The van der Waals surface area contributed by atoms with Crippen LogP contribution in [0.15, 0.2) is 22.8 Å². The fourth-order valence-corrected chi connectivity index (χ4v) is 1.24. The maximum atomic E-state index is 11.8. The predicted molar refractivity (Wildman–Crippen MR) is 55.1 cm³/mol. The number of rotatable bonds is 5. The maximum absolute atomic E-state index is 11.8. The van der Waals surface area contributed by atoms with Gasteiger partial charge in [-0.3, -0.25) is 4.79 Å². The van der Waals surface area contributed by atoms with Gasteiger partial charge in [-0.15, -0.1) is 0 Å². The lowest BCUT2D eigenvalue weighted by molar-refractivity contribution is 0.0730. The fraction of sp³-hybridized carbons (Fsp3) is 0.364. The van der Waals surface area contributed by atoms with E-state index in [1.807, 2.05) is 12.1 Å². The second kappa shape index (κ2) is 6.26. The molecule has 0 atom stereocenters. The first kappa shape index (κ1) is 11.8. The molecule has 5 heteroatoms. The first-order valence-electron chi connectivity index (χ1n) is 4.86. The lowest BCUT2D eigenvalue weighted by Crippen LogP contribution is -2.32. The summed E-state index contributed by atoms with van der Waals surface area (Å²) < 4.78 is 4.98. The summed E-state index contributed by atoms with van der Waals surface area (Å²) in [6.07, 6.45) is 1.91. The molecular weight excluding hydrogens is 206 g/mol. The van der Waals surface area contributed by atoms with Crippen LogP contribution >= 0.6 is 0 Å². The van der Waals surface area contributed by atoms with E-state index in [1.165, 1.54) is 11.2 Å². The Kier molecular flexibility index (Phi) is 4.62. The van der Waals surface area contributed by atoms with Crippen molar-refractivity contribution in [2.45, 2.75) is 12.8 Å². The summed E-state index contributed by atoms with van der Waals surface area (Å²) in [6.45, 7) is 0.634. The second-order valence-corrected chi connectivity index (χ2v) is 3.09.